The average molecular weight is 449 g/mol. The van der Waals surface area contributed by atoms with Crippen LogP contribution in [0, 0.1) is 23.0 Å². The monoisotopic (exact) mass is 448 g/mol. The number of hydrogen-bond acceptors (Lipinski definition) is 2. The largest absolute Gasteiger partial charge is 0.478 e. The van der Waals surface area contributed by atoms with Gasteiger partial charge in [-0.3, -0.25) is 4.90 Å². The predicted octanol–water partition coefficient (Wildman–Crippen LogP) is 5.68. The highest BCUT2D eigenvalue weighted by Crippen LogP contribution is 2.65. The Balaban J connectivity index is 1.50. The molecule has 0 amide bonds. The summed E-state index contributed by atoms with van der Waals surface area (Å²) < 4.78 is 31.1. The fraction of sp³-hybridized carbons (Fsp3) is 0.370. The Bertz CT molecular complexity index is 1270. The first-order chi connectivity index (χ1) is 15.8. The molecule has 3 saturated carbocycles. The lowest BCUT2D eigenvalue weighted by Crippen LogP contribution is -2.60. The van der Waals surface area contributed by atoms with E-state index in [4.69, 9.17) is 5.11 Å². The highest BCUT2D eigenvalue weighted by Gasteiger charge is 2.58. The molecular formula is C27H26F2N2O2. The van der Waals surface area contributed by atoms with Crippen LogP contribution in [-0.2, 0) is 11.2 Å². The van der Waals surface area contributed by atoms with E-state index in [-0.39, 0.29) is 22.6 Å². The number of hydrogen-bond donors (Lipinski definition) is 2. The molecule has 3 aliphatic carbocycles. The van der Waals surface area contributed by atoms with E-state index in [1.54, 1.807) is 0 Å². The fourth-order valence-corrected chi connectivity index (χ4v) is 6.43. The number of carboxylic acids is 1. The number of nitrogens with zero attached hydrogens (tertiary/aromatic N) is 1. The molecule has 4 aliphatic rings. The number of benzene rings is 2. The molecule has 2 atom stereocenters. The average Bonchev–Trinajstić information content (AvgIpc) is 3.07. The second-order valence-corrected chi connectivity index (χ2v) is 10.2. The molecule has 33 heavy (non-hydrogen) atoms. The lowest BCUT2D eigenvalue weighted by molar-refractivity contribution is -0.135. The van der Waals surface area contributed by atoms with Gasteiger partial charge in [0, 0.05) is 40.8 Å². The number of para-hydroxylation sites is 1. The number of rotatable bonds is 5. The third-order valence-electron chi connectivity index (χ3n) is 7.99. The molecule has 6 heteroatoms. The molecule has 7 rings (SSSR count). The van der Waals surface area contributed by atoms with Crippen LogP contribution in [0.2, 0.25) is 0 Å². The van der Waals surface area contributed by atoms with Gasteiger partial charge >= 0.3 is 5.97 Å². The highest BCUT2D eigenvalue weighted by molar-refractivity contribution is 5.86. The summed E-state index contributed by atoms with van der Waals surface area (Å²) in [6, 6.07) is 10.1. The molecule has 3 aromatic rings. The molecule has 0 radical (unpaired) electrons. The zero-order chi connectivity index (χ0) is 22.9. The van der Waals surface area contributed by atoms with Crippen LogP contribution in [-0.4, -0.2) is 33.5 Å². The van der Waals surface area contributed by atoms with E-state index >= 15 is 8.78 Å². The number of nitrogens with one attached hydrogen (secondary N) is 1. The molecule has 2 aromatic carbocycles. The molecule has 1 aromatic heterocycles. The van der Waals surface area contributed by atoms with Crippen molar-refractivity contribution in [2.75, 3.05) is 6.54 Å². The smallest absolute Gasteiger partial charge is 0.328 e. The zero-order valence-electron chi connectivity index (χ0n) is 18.4. The standard InChI is InChI=1S/C27H26F2N2O2/c1-15-8-19-18-4-2-3-5-22(18)30-25(19)26(31(15)14-27-11-17(12-27)13-27)24-20(28)9-16(10-21(24)29)6-7-23(32)33/h2-7,9-10,15,17,26,30H,8,11-14H2,1H3,(H,32,33)/b7-6+/t15-,17?,26?,27?/m1/s1. The van der Waals surface area contributed by atoms with E-state index in [0.717, 1.165) is 47.1 Å². The Kier molecular flexibility index (Phi) is 4.53. The van der Waals surface area contributed by atoms with Crippen LogP contribution in [0.5, 0.6) is 0 Å². The van der Waals surface area contributed by atoms with Crippen molar-refractivity contribution in [2.45, 2.75) is 44.7 Å². The van der Waals surface area contributed by atoms with Crippen molar-refractivity contribution in [1.29, 1.82) is 0 Å². The van der Waals surface area contributed by atoms with Crippen LogP contribution in [0.4, 0.5) is 8.78 Å². The highest BCUT2D eigenvalue weighted by atomic mass is 19.1. The van der Waals surface area contributed by atoms with Gasteiger partial charge in [0.25, 0.3) is 0 Å². The molecule has 1 unspecified atom stereocenters. The second kappa shape index (κ2) is 7.26. The minimum absolute atomic E-state index is 0.0356. The first kappa shape index (κ1) is 20.6. The minimum atomic E-state index is -1.16. The summed E-state index contributed by atoms with van der Waals surface area (Å²) >= 11 is 0. The van der Waals surface area contributed by atoms with Gasteiger partial charge in [0.1, 0.15) is 11.6 Å². The summed E-state index contributed by atoms with van der Waals surface area (Å²) in [4.78, 5) is 16.6. The zero-order valence-corrected chi connectivity index (χ0v) is 18.4. The summed E-state index contributed by atoms with van der Waals surface area (Å²) in [6.07, 6.45) is 6.58. The summed E-state index contributed by atoms with van der Waals surface area (Å²) in [5.74, 6) is -1.62. The Morgan fingerprint density at radius 1 is 1.21 bits per heavy atom. The lowest BCUT2D eigenvalue weighted by atomic mass is 9.44. The molecule has 4 nitrogen and oxygen atoms in total. The van der Waals surface area contributed by atoms with Gasteiger partial charge in [-0.15, -0.1) is 0 Å². The van der Waals surface area contributed by atoms with Gasteiger partial charge in [-0.05, 0) is 79.3 Å². The van der Waals surface area contributed by atoms with Crippen molar-refractivity contribution < 1.29 is 18.7 Å². The van der Waals surface area contributed by atoms with Crippen LogP contribution < -0.4 is 0 Å². The number of H-pyrrole nitrogens is 1. The van der Waals surface area contributed by atoms with Crippen LogP contribution in [0.25, 0.3) is 17.0 Å². The summed E-state index contributed by atoms with van der Waals surface area (Å²) in [6.45, 7) is 2.99. The number of fused-ring (bicyclic) bond motifs is 3. The molecule has 1 aliphatic heterocycles. The fourth-order valence-electron chi connectivity index (χ4n) is 6.43. The van der Waals surface area contributed by atoms with Crippen LogP contribution in [0.15, 0.2) is 42.5 Å². The van der Waals surface area contributed by atoms with Crippen LogP contribution >= 0.6 is 0 Å². The molecule has 0 spiro atoms. The Hall–Kier alpha value is -2.99. The Morgan fingerprint density at radius 3 is 2.55 bits per heavy atom. The minimum Gasteiger partial charge on any atom is -0.478 e. The maximum Gasteiger partial charge on any atom is 0.328 e. The molecule has 0 saturated heterocycles. The summed E-state index contributed by atoms with van der Waals surface area (Å²) in [5.41, 5.74) is 3.50. The molecule has 2 N–H and O–H groups in total. The maximum atomic E-state index is 15.5. The van der Waals surface area contributed by atoms with E-state index in [2.05, 4.69) is 22.9 Å². The quantitative estimate of drug-likeness (QED) is 0.494. The van der Waals surface area contributed by atoms with Crippen molar-refractivity contribution >= 4 is 22.9 Å². The topological polar surface area (TPSA) is 56.3 Å². The number of aromatic nitrogens is 1. The lowest BCUT2D eigenvalue weighted by Gasteiger charge is -2.64. The molecule has 3 fully saturated rings. The van der Waals surface area contributed by atoms with Gasteiger partial charge in [-0.2, -0.15) is 0 Å². The normalized spacial score (nSPS) is 28.5. The third-order valence-corrected chi connectivity index (χ3v) is 7.99. The first-order valence-corrected chi connectivity index (χ1v) is 11.6. The van der Waals surface area contributed by atoms with Gasteiger partial charge in [0.2, 0.25) is 0 Å². The van der Waals surface area contributed by atoms with Crippen molar-refractivity contribution in [3.63, 3.8) is 0 Å². The van der Waals surface area contributed by atoms with Crippen LogP contribution in [0.1, 0.15) is 54.6 Å². The summed E-state index contributed by atoms with van der Waals surface area (Å²) in [7, 11) is 0. The van der Waals surface area contributed by atoms with Crippen molar-refractivity contribution in [1.82, 2.24) is 9.88 Å². The number of aliphatic carboxylic acids is 1. The third kappa shape index (κ3) is 3.22. The van der Waals surface area contributed by atoms with Gasteiger partial charge in [-0.1, -0.05) is 18.2 Å². The first-order valence-electron chi connectivity index (χ1n) is 11.6. The number of carboxylic acid groups (broad SMARTS) is 1. The van der Waals surface area contributed by atoms with Gasteiger partial charge in [-0.25, -0.2) is 13.6 Å². The molecule has 2 heterocycles. The van der Waals surface area contributed by atoms with Crippen molar-refractivity contribution in [3.8, 4) is 0 Å². The number of halogens is 2. The Labute approximate surface area is 190 Å². The van der Waals surface area contributed by atoms with E-state index < -0.39 is 23.6 Å². The SMILES string of the molecule is C[C@@H]1Cc2c([nH]c3ccccc23)C(c2c(F)cc(/C=C/C(=O)O)cc2F)N1CC12CC(C1)C2. The molecular weight excluding hydrogens is 422 g/mol. The van der Waals surface area contributed by atoms with Gasteiger partial charge in [0.15, 0.2) is 0 Å². The Morgan fingerprint density at radius 2 is 1.91 bits per heavy atom. The van der Waals surface area contributed by atoms with E-state index in [0.29, 0.717) is 0 Å². The van der Waals surface area contributed by atoms with Gasteiger partial charge in [0.05, 0.1) is 6.04 Å². The van der Waals surface area contributed by atoms with Crippen molar-refractivity contribution in [2.24, 2.45) is 11.3 Å². The molecule has 170 valence electrons. The maximum absolute atomic E-state index is 15.5. The second-order valence-electron chi connectivity index (χ2n) is 10.2. The van der Waals surface area contributed by atoms with E-state index in [1.165, 1.54) is 37.5 Å². The summed E-state index contributed by atoms with van der Waals surface area (Å²) in [5, 5.41) is 9.98. The number of aromatic amines is 1. The molecule has 2 bridgehead atoms. The van der Waals surface area contributed by atoms with E-state index in [9.17, 15) is 4.79 Å². The van der Waals surface area contributed by atoms with Crippen molar-refractivity contribution in [3.05, 3.63) is 76.5 Å². The number of carbonyl (C=O) groups is 1. The van der Waals surface area contributed by atoms with Gasteiger partial charge < -0.3 is 10.1 Å². The van der Waals surface area contributed by atoms with Crippen LogP contribution in [0.3, 0.4) is 0 Å². The predicted molar refractivity (Wildman–Crippen MR) is 123 cm³/mol. The van der Waals surface area contributed by atoms with E-state index in [1.807, 2.05) is 18.2 Å².